The van der Waals surface area contributed by atoms with Crippen LogP contribution in [0.25, 0.3) is 11.3 Å². The Morgan fingerprint density at radius 3 is 2.77 bits per heavy atom. The van der Waals surface area contributed by atoms with E-state index in [1.165, 1.54) is 0 Å². The molecular weight excluding hydrogens is 282 g/mol. The minimum Gasteiger partial charge on any atom is -0.444 e. The summed E-state index contributed by atoms with van der Waals surface area (Å²) in [7, 11) is 0. The predicted molar refractivity (Wildman–Crippen MR) is 84.2 cm³/mol. The second-order valence-corrected chi connectivity index (χ2v) is 6.11. The molecule has 1 heterocycles. The van der Waals surface area contributed by atoms with Crippen LogP contribution in [-0.2, 0) is 11.3 Å². The highest BCUT2D eigenvalue weighted by Gasteiger charge is 2.16. The van der Waals surface area contributed by atoms with Crippen LogP contribution in [0.5, 0.6) is 0 Å². The quantitative estimate of drug-likeness (QED) is 0.849. The first-order valence-electron chi connectivity index (χ1n) is 7.03. The zero-order valence-corrected chi connectivity index (χ0v) is 13.3. The van der Waals surface area contributed by atoms with Gasteiger partial charge in [0.1, 0.15) is 11.3 Å². The minimum atomic E-state index is -0.532. The number of anilines is 1. The van der Waals surface area contributed by atoms with Crippen molar-refractivity contribution in [2.75, 3.05) is 5.73 Å². The minimum absolute atomic E-state index is 0.212. The maximum Gasteiger partial charge on any atom is 0.408 e. The van der Waals surface area contributed by atoms with Crippen LogP contribution in [0.4, 0.5) is 10.5 Å². The molecule has 6 nitrogen and oxygen atoms in total. The van der Waals surface area contributed by atoms with Crippen LogP contribution in [0.3, 0.4) is 0 Å². The first kappa shape index (κ1) is 15.9. The number of hydrogen-bond donors (Lipinski definition) is 2. The van der Waals surface area contributed by atoms with E-state index < -0.39 is 11.7 Å². The van der Waals surface area contributed by atoms with Crippen molar-refractivity contribution in [3.05, 3.63) is 35.6 Å². The highest BCUT2D eigenvalue weighted by atomic mass is 16.6. The SMILES string of the molecule is Cc1ccc(N)cc1-c1cc(CNC(=O)OC(C)(C)C)on1. The maximum absolute atomic E-state index is 11.6. The molecule has 0 spiro atoms. The van der Waals surface area contributed by atoms with E-state index >= 15 is 0 Å². The number of aromatic nitrogens is 1. The third-order valence-corrected chi connectivity index (χ3v) is 2.90. The van der Waals surface area contributed by atoms with E-state index in [2.05, 4.69) is 10.5 Å². The summed E-state index contributed by atoms with van der Waals surface area (Å²) in [4.78, 5) is 11.6. The monoisotopic (exact) mass is 303 g/mol. The van der Waals surface area contributed by atoms with Gasteiger partial charge < -0.3 is 20.3 Å². The van der Waals surface area contributed by atoms with Gasteiger partial charge in [-0.05, 0) is 45.4 Å². The molecular formula is C16H21N3O3. The van der Waals surface area contributed by atoms with Crippen molar-refractivity contribution in [2.24, 2.45) is 0 Å². The Morgan fingerprint density at radius 1 is 1.36 bits per heavy atom. The Labute approximate surface area is 129 Å². The topological polar surface area (TPSA) is 90.4 Å². The Kier molecular flexibility index (Phi) is 4.40. The lowest BCUT2D eigenvalue weighted by Crippen LogP contribution is -2.32. The van der Waals surface area contributed by atoms with Gasteiger partial charge in [-0.3, -0.25) is 0 Å². The number of carbonyl (C=O) groups excluding carboxylic acids is 1. The first-order chi connectivity index (χ1) is 10.2. The molecule has 0 atom stereocenters. The lowest BCUT2D eigenvalue weighted by molar-refractivity contribution is 0.0519. The van der Waals surface area contributed by atoms with Crippen LogP contribution < -0.4 is 11.1 Å². The van der Waals surface area contributed by atoms with Crippen molar-refractivity contribution < 1.29 is 14.1 Å². The van der Waals surface area contributed by atoms with E-state index in [9.17, 15) is 4.79 Å². The predicted octanol–water partition coefficient (Wildman–Crippen LogP) is 3.26. The molecule has 0 aliphatic rings. The third kappa shape index (κ3) is 4.25. The van der Waals surface area contributed by atoms with Crippen molar-refractivity contribution in [3.63, 3.8) is 0 Å². The average molecular weight is 303 g/mol. The number of alkyl carbamates (subject to hydrolysis) is 1. The Hall–Kier alpha value is -2.50. The van der Waals surface area contributed by atoms with E-state index in [1.54, 1.807) is 6.07 Å². The van der Waals surface area contributed by atoms with Crippen LogP contribution in [0.2, 0.25) is 0 Å². The summed E-state index contributed by atoms with van der Waals surface area (Å²) in [6.45, 7) is 7.61. The fourth-order valence-electron chi connectivity index (χ4n) is 1.91. The molecule has 2 rings (SSSR count). The number of nitrogens with two attached hydrogens (primary N) is 1. The molecule has 2 aromatic rings. The summed E-state index contributed by atoms with van der Waals surface area (Å²) in [5.74, 6) is 0.544. The van der Waals surface area contributed by atoms with Crippen LogP contribution in [-0.4, -0.2) is 16.9 Å². The largest absolute Gasteiger partial charge is 0.444 e. The third-order valence-electron chi connectivity index (χ3n) is 2.90. The summed E-state index contributed by atoms with van der Waals surface area (Å²) >= 11 is 0. The molecule has 1 aromatic heterocycles. The van der Waals surface area contributed by atoms with Gasteiger partial charge in [-0.1, -0.05) is 11.2 Å². The molecule has 1 amide bonds. The lowest BCUT2D eigenvalue weighted by atomic mass is 10.0. The van der Waals surface area contributed by atoms with Gasteiger partial charge in [-0.15, -0.1) is 0 Å². The number of nitrogens with zero attached hydrogens (tertiary/aromatic N) is 1. The number of rotatable bonds is 3. The van der Waals surface area contributed by atoms with Crippen molar-refractivity contribution in [3.8, 4) is 11.3 Å². The first-order valence-corrected chi connectivity index (χ1v) is 7.03. The number of hydrogen-bond acceptors (Lipinski definition) is 5. The van der Waals surface area contributed by atoms with Crippen LogP contribution in [0, 0.1) is 6.92 Å². The second-order valence-electron chi connectivity index (χ2n) is 6.11. The van der Waals surface area contributed by atoms with Crippen LogP contribution in [0.1, 0.15) is 32.1 Å². The normalized spacial score (nSPS) is 11.3. The Morgan fingerprint density at radius 2 is 2.09 bits per heavy atom. The molecule has 6 heteroatoms. The number of aryl methyl sites for hydroxylation is 1. The zero-order valence-electron chi connectivity index (χ0n) is 13.3. The van der Waals surface area contributed by atoms with Gasteiger partial charge >= 0.3 is 6.09 Å². The van der Waals surface area contributed by atoms with E-state index in [0.29, 0.717) is 17.1 Å². The van der Waals surface area contributed by atoms with E-state index in [-0.39, 0.29) is 6.54 Å². The maximum atomic E-state index is 11.6. The highest BCUT2D eigenvalue weighted by Crippen LogP contribution is 2.25. The summed E-state index contributed by atoms with van der Waals surface area (Å²) in [6, 6.07) is 7.39. The number of nitrogens with one attached hydrogen (secondary N) is 1. The molecule has 0 unspecified atom stereocenters. The lowest BCUT2D eigenvalue weighted by Gasteiger charge is -2.19. The van der Waals surface area contributed by atoms with Crippen molar-refractivity contribution >= 4 is 11.8 Å². The van der Waals surface area contributed by atoms with Gasteiger partial charge in [0.15, 0.2) is 5.76 Å². The second kappa shape index (κ2) is 6.09. The standard InChI is InChI=1S/C16H21N3O3/c1-10-5-6-11(17)7-13(10)14-8-12(22-19-14)9-18-15(20)21-16(2,3)4/h5-8H,9,17H2,1-4H3,(H,18,20). The van der Waals surface area contributed by atoms with Gasteiger partial charge in [0.25, 0.3) is 0 Å². The van der Waals surface area contributed by atoms with Gasteiger partial charge in [0, 0.05) is 17.3 Å². The molecule has 0 aliphatic carbocycles. The van der Waals surface area contributed by atoms with E-state index in [1.807, 2.05) is 45.9 Å². The van der Waals surface area contributed by atoms with Crippen molar-refractivity contribution in [1.82, 2.24) is 10.5 Å². The number of ether oxygens (including phenoxy) is 1. The summed E-state index contributed by atoms with van der Waals surface area (Å²) in [5.41, 5.74) is 8.57. The smallest absolute Gasteiger partial charge is 0.408 e. The van der Waals surface area contributed by atoms with Crippen molar-refractivity contribution in [2.45, 2.75) is 39.8 Å². The Bertz CT molecular complexity index is 672. The summed E-state index contributed by atoms with van der Waals surface area (Å²) in [6.07, 6.45) is -0.495. The van der Waals surface area contributed by atoms with Crippen molar-refractivity contribution in [1.29, 1.82) is 0 Å². The summed E-state index contributed by atoms with van der Waals surface area (Å²) < 4.78 is 10.4. The van der Waals surface area contributed by atoms with Gasteiger partial charge in [-0.2, -0.15) is 0 Å². The van der Waals surface area contributed by atoms with Crippen LogP contribution in [0.15, 0.2) is 28.8 Å². The molecule has 0 saturated heterocycles. The number of nitrogen functional groups attached to an aromatic ring is 1. The molecule has 3 N–H and O–H groups in total. The van der Waals surface area contributed by atoms with Gasteiger partial charge in [0.2, 0.25) is 0 Å². The number of carbonyl (C=O) groups is 1. The molecule has 0 fully saturated rings. The molecule has 0 bridgehead atoms. The van der Waals surface area contributed by atoms with Gasteiger partial charge in [0.05, 0.1) is 6.54 Å². The fraction of sp³-hybridized carbons (Fsp3) is 0.375. The molecule has 22 heavy (non-hydrogen) atoms. The number of benzene rings is 1. The summed E-state index contributed by atoms with van der Waals surface area (Å²) in [5, 5.41) is 6.64. The molecule has 1 aromatic carbocycles. The average Bonchev–Trinajstić information content (AvgIpc) is 2.86. The zero-order chi connectivity index (χ0) is 16.3. The van der Waals surface area contributed by atoms with E-state index in [4.69, 9.17) is 15.0 Å². The Balaban J connectivity index is 2.03. The molecule has 0 aliphatic heterocycles. The fourth-order valence-corrected chi connectivity index (χ4v) is 1.91. The van der Waals surface area contributed by atoms with Crippen LogP contribution >= 0.6 is 0 Å². The van der Waals surface area contributed by atoms with Gasteiger partial charge in [-0.25, -0.2) is 4.79 Å². The molecule has 118 valence electrons. The molecule has 0 saturated carbocycles. The number of amides is 1. The highest BCUT2D eigenvalue weighted by molar-refractivity contribution is 5.69. The molecule has 0 radical (unpaired) electrons. The van der Waals surface area contributed by atoms with E-state index in [0.717, 1.165) is 11.1 Å².